The van der Waals surface area contributed by atoms with Crippen LogP contribution in [-0.4, -0.2) is 5.78 Å². The SMILES string of the molecule is CCc1ccc2c(c1)C1(CC2)C(=O)CCC1C(C)C. The molecule has 2 atom stereocenters. The molecule has 1 spiro atoms. The smallest absolute Gasteiger partial charge is 0.143 e. The van der Waals surface area contributed by atoms with Gasteiger partial charge in [-0.2, -0.15) is 0 Å². The maximum atomic E-state index is 12.7. The highest BCUT2D eigenvalue weighted by Gasteiger charge is 2.54. The monoisotopic (exact) mass is 256 g/mol. The van der Waals surface area contributed by atoms with Crippen molar-refractivity contribution < 1.29 is 4.79 Å². The number of hydrogen-bond acceptors (Lipinski definition) is 1. The molecule has 1 saturated carbocycles. The molecule has 0 aliphatic heterocycles. The Morgan fingerprint density at radius 2 is 2.11 bits per heavy atom. The van der Waals surface area contributed by atoms with Crippen molar-refractivity contribution in [3.8, 4) is 0 Å². The molecule has 2 unspecified atom stereocenters. The van der Waals surface area contributed by atoms with Gasteiger partial charge in [0.15, 0.2) is 0 Å². The van der Waals surface area contributed by atoms with E-state index in [1.165, 1.54) is 16.7 Å². The molecule has 1 aromatic rings. The minimum absolute atomic E-state index is 0.130. The van der Waals surface area contributed by atoms with Crippen molar-refractivity contribution in [2.24, 2.45) is 11.8 Å². The normalized spacial score (nSPS) is 29.5. The number of ketones is 1. The van der Waals surface area contributed by atoms with Crippen molar-refractivity contribution in [1.82, 2.24) is 0 Å². The second kappa shape index (κ2) is 4.47. The van der Waals surface area contributed by atoms with Crippen LogP contribution < -0.4 is 0 Å². The van der Waals surface area contributed by atoms with Crippen LogP contribution >= 0.6 is 0 Å². The molecule has 0 heterocycles. The highest BCUT2D eigenvalue weighted by atomic mass is 16.1. The van der Waals surface area contributed by atoms with Gasteiger partial charge in [0.2, 0.25) is 0 Å². The maximum Gasteiger partial charge on any atom is 0.143 e. The number of carbonyl (C=O) groups is 1. The van der Waals surface area contributed by atoms with E-state index in [1.807, 2.05) is 0 Å². The summed E-state index contributed by atoms with van der Waals surface area (Å²) in [4.78, 5) is 12.7. The lowest BCUT2D eigenvalue weighted by Crippen LogP contribution is -2.37. The Kier molecular flexibility index (Phi) is 3.03. The third-order valence-electron chi connectivity index (χ3n) is 5.47. The topological polar surface area (TPSA) is 17.1 Å². The van der Waals surface area contributed by atoms with E-state index in [9.17, 15) is 4.79 Å². The predicted molar refractivity (Wildman–Crippen MR) is 78.4 cm³/mol. The zero-order valence-electron chi connectivity index (χ0n) is 12.3. The molecular weight excluding hydrogens is 232 g/mol. The molecule has 0 bridgehead atoms. The predicted octanol–water partition coefficient (Wildman–Crippen LogP) is 4.07. The lowest BCUT2D eigenvalue weighted by Gasteiger charge is -2.34. The molecule has 2 aliphatic carbocycles. The van der Waals surface area contributed by atoms with E-state index >= 15 is 0 Å². The lowest BCUT2D eigenvalue weighted by molar-refractivity contribution is -0.123. The number of aryl methyl sites for hydroxylation is 2. The summed E-state index contributed by atoms with van der Waals surface area (Å²) < 4.78 is 0. The Bertz CT molecular complexity index is 514. The van der Waals surface area contributed by atoms with Crippen LogP contribution in [0.25, 0.3) is 0 Å². The molecule has 2 aliphatic rings. The summed E-state index contributed by atoms with van der Waals surface area (Å²) in [6, 6.07) is 6.84. The van der Waals surface area contributed by atoms with Crippen molar-refractivity contribution in [1.29, 1.82) is 0 Å². The molecule has 1 aromatic carbocycles. The summed E-state index contributed by atoms with van der Waals surface area (Å²) in [6.45, 7) is 6.76. The number of hydrogen-bond donors (Lipinski definition) is 0. The lowest BCUT2D eigenvalue weighted by atomic mass is 9.68. The van der Waals surface area contributed by atoms with E-state index in [-0.39, 0.29) is 5.41 Å². The number of Topliss-reactive ketones (excluding diaryl/α,β-unsaturated/α-hetero) is 1. The van der Waals surface area contributed by atoms with Gasteiger partial charge in [0, 0.05) is 6.42 Å². The van der Waals surface area contributed by atoms with Gasteiger partial charge in [0.1, 0.15) is 5.78 Å². The van der Waals surface area contributed by atoms with Crippen LogP contribution in [0.2, 0.25) is 0 Å². The number of benzene rings is 1. The largest absolute Gasteiger partial charge is 0.299 e. The van der Waals surface area contributed by atoms with Crippen molar-refractivity contribution in [2.45, 2.75) is 58.3 Å². The number of carbonyl (C=O) groups excluding carboxylic acids is 1. The third-order valence-corrected chi connectivity index (χ3v) is 5.47. The van der Waals surface area contributed by atoms with Crippen molar-refractivity contribution in [3.63, 3.8) is 0 Å². The van der Waals surface area contributed by atoms with Crippen LogP contribution in [0.1, 0.15) is 56.7 Å². The summed E-state index contributed by atoms with van der Waals surface area (Å²) in [6.07, 6.45) is 5.08. The van der Waals surface area contributed by atoms with Gasteiger partial charge < -0.3 is 0 Å². The second-order valence-electron chi connectivity index (χ2n) is 6.63. The molecule has 0 amide bonds. The first-order valence-corrected chi connectivity index (χ1v) is 7.75. The molecule has 0 aromatic heterocycles. The van der Waals surface area contributed by atoms with Gasteiger partial charge in [-0.05, 0) is 54.2 Å². The Hall–Kier alpha value is -1.11. The Labute approximate surface area is 116 Å². The minimum Gasteiger partial charge on any atom is -0.299 e. The first-order valence-electron chi connectivity index (χ1n) is 7.75. The molecule has 1 heteroatoms. The van der Waals surface area contributed by atoms with Crippen molar-refractivity contribution in [2.75, 3.05) is 0 Å². The van der Waals surface area contributed by atoms with Crippen LogP contribution in [0.4, 0.5) is 0 Å². The van der Waals surface area contributed by atoms with Gasteiger partial charge in [-0.15, -0.1) is 0 Å². The van der Waals surface area contributed by atoms with Gasteiger partial charge >= 0.3 is 0 Å². The third kappa shape index (κ3) is 1.70. The molecular formula is C18H24O. The van der Waals surface area contributed by atoms with E-state index < -0.39 is 0 Å². The highest BCUT2D eigenvalue weighted by molar-refractivity contribution is 5.94. The fourth-order valence-electron chi connectivity index (χ4n) is 4.48. The average Bonchev–Trinajstić information content (AvgIpc) is 2.93. The molecule has 19 heavy (non-hydrogen) atoms. The van der Waals surface area contributed by atoms with Gasteiger partial charge in [-0.25, -0.2) is 0 Å². The molecule has 0 radical (unpaired) electrons. The average molecular weight is 256 g/mol. The van der Waals surface area contributed by atoms with Crippen molar-refractivity contribution >= 4 is 5.78 Å². The minimum atomic E-state index is -0.130. The molecule has 3 rings (SSSR count). The van der Waals surface area contributed by atoms with Crippen LogP contribution in [0.15, 0.2) is 18.2 Å². The number of fused-ring (bicyclic) bond motifs is 2. The summed E-state index contributed by atoms with van der Waals surface area (Å²) in [5.41, 5.74) is 4.06. The van der Waals surface area contributed by atoms with E-state index in [4.69, 9.17) is 0 Å². The molecule has 0 N–H and O–H groups in total. The fourth-order valence-corrected chi connectivity index (χ4v) is 4.48. The summed E-state index contributed by atoms with van der Waals surface area (Å²) in [5, 5.41) is 0. The Morgan fingerprint density at radius 1 is 1.32 bits per heavy atom. The Balaban J connectivity index is 2.14. The van der Waals surface area contributed by atoms with E-state index in [0.717, 1.165) is 32.1 Å². The van der Waals surface area contributed by atoms with Crippen LogP contribution in [0, 0.1) is 11.8 Å². The van der Waals surface area contributed by atoms with Gasteiger partial charge in [0.25, 0.3) is 0 Å². The zero-order chi connectivity index (χ0) is 13.6. The summed E-state index contributed by atoms with van der Waals surface area (Å²) in [7, 11) is 0. The standard InChI is InChI=1S/C18H24O/c1-4-13-5-6-14-9-10-18(16(14)11-13)15(12(2)3)7-8-17(18)19/h5-6,11-12,15H,4,7-10H2,1-3H3. The van der Waals surface area contributed by atoms with Crippen LogP contribution in [0.3, 0.4) is 0 Å². The Morgan fingerprint density at radius 3 is 2.79 bits per heavy atom. The van der Waals surface area contributed by atoms with E-state index in [1.54, 1.807) is 0 Å². The first kappa shape index (κ1) is 12.9. The molecule has 0 saturated heterocycles. The highest BCUT2D eigenvalue weighted by Crippen LogP contribution is 2.54. The first-order chi connectivity index (χ1) is 9.09. The van der Waals surface area contributed by atoms with Crippen molar-refractivity contribution in [3.05, 3.63) is 34.9 Å². The van der Waals surface area contributed by atoms with E-state index in [0.29, 0.717) is 17.6 Å². The zero-order valence-corrected chi connectivity index (χ0v) is 12.3. The second-order valence-corrected chi connectivity index (χ2v) is 6.63. The summed E-state index contributed by atoms with van der Waals surface area (Å²) in [5.74, 6) is 1.66. The fraction of sp³-hybridized carbons (Fsp3) is 0.611. The van der Waals surface area contributed by atoms with Gasteiger partial charge in [-0.3, -0.25) is 4.79 Å². The molecule has 102 valence electrons. The van der Waals surface area contributed by atoms with Gasteiger partial charge in [0.05, 0.1) is 5.41 Å². The van der Waals surface area contributed by atoms with E-state index in [2.05, 4.69) is 39.0 Å². The summed E-state index contributed by atoms with van der Waals surface area (Å²) >= 11 is 0. The maximum absolute atomic E-state index is 12.7. The number of rotatable bonds is 2. The quantitative estimate of drug-likeness (QED) is 0.779. The van der Waals surface area contributed by atoms with Crippen LogP contribution in [-0.2, 0) is 23.1 Å². The molecule has 1 nitrogen and oxygen atoms in total. The molecule has 1 fully saturated rings. The van der Waals surface area contributed by atoms with Crippen LogP contribution in [0.5, 0.6) is 0 Å². The van der Waals surface area contributed by atoms with Gasteiger partial charge in [-0.1, -0.05) is 39.0 Å².